The van der Waals surface area contributed by atoms with Crippen LogP contribution in [-0.2, 0) is 14.6 Å². The third-order valence-corrected chi connectivity index (χ3v) is 3.03. The van der Waals surface area contributed by atoms with E-state index in [2.05, 4.69) is 9.78 Å². The Morgan fingerprint density at radius 3 is 2.53 bits per heavy atom. The van der Waals surface area contributed by atoms with E-state index in [-0.39, 0.29) is 18.0 Å². The Balaban J connectivity index is 1.87. The number of carbonyl (C=O) groups excluding carboxylic acids is 1. The van der Waals surface area contributed by atoms with Crippen LogP contribution in [0.5, 0.6) is 11.5 Å². The summed E-state index contributed by atoms with van der Waals surface area (Å²) in [6.07, 6.45) is 1.21. The quantitative estimate of drug-likeness (QED) is 0.495. The Kier molecular flexibility index (Phi) is 4.11. The van der Waals surface area contributed by atoms with Crippen LogP contribution in [0.2, 0.25) is 0 Å². The molecule has 1 aromatic rings. The Labute approximate surface area is 111 Å². The summed E-state index contributed by atoms with van der Waals surface area (Å²) in [5, 5.41) is 0. The molecule has 0 aliphatic heterocycles. The summed E-state index contributed by atoms with van der Waals surface area (Å²) in [7, 11) is 2.88. The molecule has 0 radical (unpaired) electrons. The third-order valence-electron chi connectivity index (χ3n) is 3.03. The molecule has 0 heterocycles. The predicted molar refractivity (Wildman–Crippen MR) is 67.6 cm³/mol. The fourth-order valence-electron chi connectivity index (χ4n) is 1.98. The van der Waals surface area contributed by atoms with Crippen LogP contribution in [0.15, 0.2) is 18.2 Å². The van der Waals surface area contributed by atoms with E-state index in [1.807, 2.05) is 0 Å². The summed E-state index contributed by atoms with van der Waals surface area (Å²) >= 11 is 0. The number of anilines is 1. The molecule has 0 bridgehead atoms. The number of hydrogen-bond donors (Lipinski definition) is 1. The van der Waals surface area contributed by atoms with Gasteiger partial charge in [0.05, 0.1) is 20.1 Å². The smallest absolute Gasteiger partial charge is 0.345 e. The molecule has 1 aliphatic carbocycles. The Bertz CT molecular complexity index is 456. The number of benzene rings is 1. The molecule has 0 saturated heterocycles. The zero-order valence-corrected chi connectivity index (χ0v) is 10.9. The third kappa shape index (κ3) is 3.29. The van der Waals surface area contributed by atoms with Gasteiger partial charge in [0.25, 0.3) is 0 Å². The normalized spacial score (nSPS) is 21.4. The van der Waals surface area contributed by atoms with Crippen molar-refractivity contribution in [3.05, 3.63) is 18.2 Å². The molecule has 2 N–H and O–H groups in total. The lowest BCUT2D eigenvalue weighted by Gasteiger charge is -2.33. The largest absolute Gasteiger partial charge is 0.497 e. The van der Waals surface area contributed by atoms with E-state index in [0.29, 0.717) is 30.0 Å². The van der Waals surface area contributed by atoms with Crippen molar-refractivity contribution < 1.29 is 24.0 Å². The number of hydrogen-bond acceptors (Lipinski definition) is 6. The van der Waals surface area contributed by atoms with Gasteiger partial charge in [0, 0.05) is 23.9 Å². The molecule has 0 atom stereocenters. The number of rotatable bonds is 5. The van der Waals surface area contributed by atoms with Crippen LogP contribution in [0, 0.1) is 5.92 Å². The average Bonchev–Trinajstić information content (AvgIpc) is 2.32. The minimum Gasteiger partial charge on any atom is -0.497 e. The summed E-state index contributed by atoms with van der Waals surface area (Å²) in [5.74, 6) is 0.769. The fraction of sp³-hybridized carbons (Fsp3) is 0.462. The maximum atomic E-state index is 11.3. The Morgan fingerprint density at radius 1 is 1.21 bits per heavy atom. The average molecular weight is 267 g/mol. The SMILES string of the molecule is COOC(=O)C1CC(Oc2cc(N)cc(OC)c2)C1. The van der Waals surface area contributed by atoms with Gasteiger partial charge in [-0.1, -0.05) is 0 Å². The minimum atomic E-state index is -0.354. The topological polar surface area (TPSA) is 80.0 Å². The van der Waals surface area contributed by atoms with E-state index in [1.165, 1.54) is 7.11 Å². The lowest BCUT2D eigenvalue weighted by molar-refractivity contribution is -0.262. The molecule has 0 aromatic heterocycles. The first-order chi connectivity index (χ1) is 9.12. The molecule has 104 valence electrons. The standard InChI is InChI=1S/C13H17NO5/c1-16-10-5-9(14)6-12(7-10)18-11-3-8(4-11)13(15)19-17-2/h5-8,11H,3-4,14H2,1-2H3. The van der Waals surface area contributed by atoms with Crippen LogP contribution in [-0.4, -0.2) is 26.3 Å². The zero-order chi connectivity index (χ0) is 13.8. The molecule has 0 amide bonds. The lowest BCUT2D eigenvalue weighted by atomic mass is 9.82. The van der Waals surface area contributed by atoms with E-state index >= 15 is 0 Å². The van der Waals surface area contributed by atoms with Gasteiger partial charge >= 0.3 is 5.97 Å². The van der Waals surface area contributed by atoms with Gasteiger partial charge in [-0.2, -0.15) is 4.89 Å². The van der Waals surface area contributed by atoms with E-state index in [9.17, 15) is 4.79 Å². The van der Waals surface area contributed by atoms with Crippen molar-refractivity contribution in [2.24, 2.45) is 5.92 Å². The number of carbonyl (C=O) groups is 1. The van der Waals surface area contributed by atoms with Crippen LogP contribution < -0.4 is 15.2 Å². The lowest BCUT2D eigenvalue weighted by Crippen LogP contribution is -2.39. The fourth-order valence-corrected chi connectivity index (χ4v) is 1.98. The van der Waals surface area contributed by atoms with Gasteiger partial charge in [0.2, 0.25) is 0 Å². The highest BCUT2D eigenvalue weighted by Gasteiger charge is 2.38. The summed E-state index contributed by atoms with van der Waals surface area (Å²) in [5.41, 5.74) is 6.31. The van der Waals surface area contributed by atoms with Crippen LogP contribution >= 0.6 is 0 Å². The molecule has 1 saturated carbocycles. The first-order valence-electron chi connectivity index (χ1n) is 5.98. The second-order valence-corrected chi connectivity index (χ2v) is 4.42. The van der Waals surface area contributed by atoms with Crippen molar-refractivity contribution in [2.75, 3.05) is 20.0 Å². The van der Waals surface area contributed by atoms with Gasteiger partial charge in [-0.05, 0) is 12.8 Å². The molecule has 6 heteroatoms. The van der Waals surface area contributed by atoms with Gasteiger partial charge < -0.3 is 15.2 Å². The maximum absolute atomic E-state index is 11.3. The number of nitrogen functional groups attached to an aromatic ring is 1. The van der Waals surface area contributed by atoms with E-state index in [4.69, 9.17) is 15.2 Å². The predicted octanol–water partition coefficient (Wildman–Crippen LogP) is 1.54. The first kappa shape index (κ1) is 13.5. The molecule has 0 unspecified atom stereocenters. The molecular formula is C13H17NO5. The number of nitrogens with two attached hydrogens (primary N) is 1. The van der Waals surface area contributed by atoms with Gasteiger partial charge in [-0.15, -0.1) is 0 Å². The highest BCUT2D eigenvalue weighted by atomic mass is 17.2. The zero-order valence-electron chi connectivity index (χ0n) is 10.9. The molecule has 19 heavy (non-hydrogen) atoms. The van der Waals surface area contributed by atoms with Gasteiger partial charge in [-0.25, -0.2) is 4.79 Å². The molecule has 2 rings (SSSR count). The molecular weight excluding hydrogens is 250 g/mol. The van der Waals surface area contributed by atoms with Gasteiger partial charge in [0.15, 0.2) is 0 Å². The Morgan fingerprint density at radius 2 is 1.89 bits per heavy atom. The van der Waals surface area contributed by atoms with Gasteiger partial charge in [0.1, 0.15) is 17.6 Å². The van der Waals surface area contributed by atoms with E-state index in [1.54, 1.807) is 25.3 Å². The number of methoxy groups -OCH3 is 1. The van der Waals surface area contributed by atoms with Crippen molar-refractivity contribution in [1.29, 1.82) is 0 Å². The van der Waals surface area contributed by atoms with Crippen molar-refractivity contribution in [1.82, 2.24) is 0 Å². The van der Waals surface area contributed by atoms with Crippen LogP contribution in [0.4, 0.5) is 5.69 Å². The minimum absolute atomic E-state index is 0.0130. The van der Waals surface area contributed by atoms with Crippen LogP contribution in [0.3, 0.4) is 0 Å². The monoisotopic (exact) mass is 267 g/mol. The van der Waals surface area contributed by atoms with Crippen molar-refractivity contribution in [2.45, 2.75) is 18.9 Å². The van der Waals surface area contributed by atoms with Crippen LogP contribution in [0.25, 0.3) is 0 Å². The molecule has 6 nitrogen and oxygen atoms in total. The maximum Gasteiger partial charge on any atom is 0.345 e. The molecule has 0 spiro atoms. The van der Waals surface area contributed by atoms with E-state index in [0.717, 1.165) is 0 Å². The second kappa shape index (κ2) is 5.79. The summed E-state index contributed by atoms with van der Waals surface area (Å²) in [4.78, 5) is 20.1. The summed E-state index contributed by atoms with van der Waals surface area (Å²) in [6.45, 7) is 0. The molecule has 1 aromatic carbocycles. The van der Waals surface area contributed by atoms with Gasteiger partial charge in [-0.3, -0.25) is 4.89 Å². The molecule has 1 aliphatic rings. The van der Waals surface area contributed by atoms with Crippen molar-refractivity contribution in [3.8, 4) is 11.5 Å². The van der Waals surface area contributed by atoms with Crippen molar-refractivity contribution in [3.63, 3.8) is 0 Å². The highest BCUT2D eigenvalue weighted by Crippen LogP contribution is 2.34. The highest BCUT2D eigenvalue weighted by molar-refractivity contribution is 5.73. The Hall–Kier alpha value is -1.95. The summed E-state index contributed by atoms with van der Waals surface area (Å²) < 4.78 is 10.8. The second-order valence-electron chi connectivity index (χ2n) is 4.42. The summed E-state index contributed by atoms with van der Waals surface area (Å²) in [6, 6.07) is 5.20. The molecule has 1 fully saturated rings. The first-order valence-corrected chi connectivity index (χ1v) is 5.98. The van der Waals surface area contributed by atoms with E-state index < -0.39 is 0 Å². The number of ether oxygens (including phenoxy) is 2. The van der Waals surface area contributed by atoms with Crippen LogP contribution in [0.1, 0.15) is 12.8 Å². The van der Waals surface area contributed by atoms with Crippen molar-refractivity contribution >= 4 is 11.7 Å².